The van der Waals surface area contributed by atoms with Gasteiger partial charge in [-0.3, -0.25) is 0 Å². The third kappa shape index (κ3) is 2.22. The topological polar surface area (TPSA) is 64.1 Å². The lowest BCUT2D eigenvalue weighted by atomic mass is 10.2. The largest absolute Gasteiger partial charge is 0.441 e. The molecule has 0 radical (unpaired) electrons. The zero-order valence-corrected chi connectivity index (χ0v) is 10.3. The van der Waals surface area contributed by atoms with Gasteiger partial charge in [0, 0.05) is 18.7 Å². The predicted octanol–water partition coefficient (Wildman–Crippen LogP) is 3.60. The van der Waals surface area contributed by atoms with Crippen LogP contribution in [0.1, 0.15) is 5.89 Å². The number of hydrogen-bond acceptors (Lipinski definition) is 4. The van der Waals surface area contributed by atoms with Crippen molar-refractivity contribution in [3.05, 3.63) is 48.1 Å². The van der Waals surface area contributed by atoms with E-state index in [0.717, 1.165) is 11.2 Å². The summed E-state index contributed by atoms with van der Waals surface area (Å²) in [6, 6.07) is 9.68. The van der Waals surface area contributed by atoms with Crippen molar-refractivity contribution < 1.29 is 8.81 Å². The molecule has 3 rings (SSSR count). The molecular weight excluding hydrogens is 245 g/mol. The summed E-state index contributed by atoms with van der Waals surface area (Å²) in [6.45, 7) is 1.79. The minimum atomic E-state index is -0.340. The number of nitrogen functional groups attached to an aromatic ring is 1. The first-order valence-corrected chi connectivity index (χ1v) is 5.81. The molecular formula is C14H12FN3O. The Balaban J connectivity index is 1.98. The first-order valence-electron chi connectivity index (χ1n) is 5.81. The quantitative estimate of drug-likeness (QED) is 0.688. The van der Waals surface area contributed by atoms with E-state index in [1.165, 1.54) is 18.2 Å². The normalized spacial score (nSPS) is 10.8. The van der Waals surface area contributed by atoms with E-state index < -0.39 is 0 Å². The molecule has 0 saturated heterocycles. The molecule has 0 fully saturated rings. The number of rotatable bonds is 2. The molecule has 3 aromatic rings. The number of fused-ring (bicyclic) bond motifs is 1. The van der Waals surface area contributed by atoms with Crippen LogP contribution in [-0.2, 0) is 0 Å². The van der Waals surface area contributed by atoms with Crippen LogP contribution in [0.25, 0.3) is 11.1 Å². The van der Waals surface area contributed by atoms with E-state index in [-0.39, 0.29) is 5.82 Å². The maximum Gasteiger partial charge on any atom is 0.192 e. The molecule has 1 aromatic heterocycles. The summed E-state index contributed by atoms with van der Waals surface area (Å²) in [5.41, 5.74) is 9.02. The second kappa shape index (κ2) is 4.28. The van der Waals surface area contributed by atoms with Crippen LogP contribution < -0.4 is 11.1 Å². The number of halogens is 1. The number of hydrogen-bond donors (Lipinski definition) is 2. The van der Waals surface area contributed by atoms with Crippen molar-refractivity contribution >= 4 is 28.2 Å². The molecule has 0 aliphatic rings. The van der Waals surface area contributed by atoms with E-state index in [2.05, 4.69) is 10.3 Å². The van der Waals surface area contributed by atoms with E-state index in [9.17, 15) is 4.39 Å². The summed E-state index contributed by atoms with van der Waals surface area (Å²) in [4.78, 5) is 4.21. The van der Waals surface area contributed by atoms with Gasteiger partial charge in [-0.2, -0.15) is 0 Å². The monoisotopic (exact) mass is 257 g/mol. The van der Waals surface area contributed by atoms with E-state index in [1.807, 2.05) is 12.1 Å². The molecule has 5 heteroatoms. The van der Waals surface area contributed by atoms with E-state index in [1.54, 1.807) is 13.0 Å². The van der Waals surface area contributed by atoms with Gasteiger partial charge >= 0.3 is 0 Å². The summed E-state index contributed by atoms with van der Waals surface area (Å²) >= 11 is 0. The van der Waals surface area contributed by atoms with Crippen LogP contribution in [0.5, 0.6) is 0 Å². The molecule has 1 heterocycles. The van der Waals surface area contributed by atoms with Gasteiger partial charge in [0.2, 0.25) is 0 Å². The van der Waals surface area contributed by atoms with Gasteiger partial charge in [0.15, 0.2) is 11.5 Å². The van der Waals surface area contributed by atoms with E-state index in [0.29, 0.717) is 22.8 Å². The van der Waals surface area contributed by atoms with Crippen molar-refractivity contribution in [3.63, 3.8) is 0 Å². The third-order valence-electron chi connectivity index (χ3n) is 2.79. The van der Waals surface area contributed by atoms with Crippen LogP contribution in [-0.4, -0.2) is 4.98 Å². The first-order chi connectivity index (χ1) is 9.11. The Morgan fingerprint density at radius 3 is 2.89 bits per heavy atom. The Kier molecular flexibility index (Phi) is 2.59. The van der Waals surface area contributed by atoms with Gasteiger partial charge in [0.05, 0.1) is 11.4 Å². The Hall–Kier alpha value is -2.56. The highest BCUT2D eigenvalue weighted by molar-refractivity contribution is 5.80. The maximum atomic E-state index is 13.2. The van der Waals surface area contributed by atoms with Gasteiger partial charge in [0.25, 0.3) is 0 Å². The van der Waals surface area contributed by atoms with Crippen LogP contribution in [0.2, 0.25) is 0 Å². The molecule has 2 aromatic carbocycles. The summed E-state index contributed by atoms with van der Waals surface area (Å²) in [7, 11) is 0. The van der Waals surface area contributed by atoms with E-state index in [4.69, 9.17) is 10.2 Å². The van der Waals surface area contributed by atoms with Gasteiger partial charge in [-0.15, -0.1) is 0 Å². The lowest BCUT2D eigenvalue weighted by molar-refractivity contribution is 0.561. The van der Waals surface area contributed by atoms with Gasteiger partial charge < -0.3 is 15.5 Å². The highest BCUT2D eigenvalue weighted by Gasteiger charge is 2.05. The third-order valence-corrected chi connectivity index (χ3v) is 2.79. The Labute approximate surface area is 109 Å². The molecule has 0 bridgehead atoms. The van der Waals surface area contributed by atoms with Gasteiger partial charge in [-0.25, -0.2) is 9.37 Å². The van der Waals surface area contributed by atoms with Gasteiger partial charge in [-0.05, 0) is 30.3 Å². The molecule has 0 aliphatic heterocycles. The lowest BCUT2D eigenvalue weighted by Crippen LogP contribution is -1.96. The smallest absolute Gasteiger partial charge is 0.192 e. The molecule has 96 valence electrons. The van der Waals surface area contributed by atoms with Crippen LogP contribution >= 0.6 is 0 Å². The van der Waals surface area contributed by atoms with Crippen molar-refractivity contribution in [1.29, 1.82) is 0 Å². The SMILES string of the molecule is Cc1nc2ccc(Nc3cc(F)ccc3N)cc2o1. The summed E-state index contributed by atoms with van der Waals surface area (Å²) in [6.07, 6.45) is 0. The Morgan fingerprint density at radius 2 is 2.05 bits per heavy atom. The first kappa shape index (κ1) is 11.5. The number of anilines is 3. The predicted molar refractivity (Wildman–Crippen MR) is 72.8 cm³/mol. The number of nitrogens with zero attached hydrogens (tertiary/aromatic N) is 1. The standard InChI is InChI=1S/C14H12FN3O/c1-8-17-12-5-3-10(7-14(12)19-8)18-13-6-9(15)2-4-11(13)16/h2-7,18H,16H2,1H3. The second-order valence-corrected chi connectivity index (χ2v) is 4.27. The van der Waals surface area contributed by atoms with Crippen molar-refractivity contribution in [2.24, 2.45) is 0 Å². The van der Waals surface area contributed by atoms with Gasteiger partial charge in [0.1, 0.15) is 11.3 Å². The van der Waals surface area contributed by atoms with Crippen molar-refractivity contribution in [2.75, 3.05) is 11.1 Å². The molecule has 4 nitrogen and oxygen atoms in total. The molecule has 0 unspecified atom stereocenters. The van der Waals surface area contributed by atoms with Crippen molar-refractivity contribution in [3.8, 4) is 0 Å². The highest BCUT2D eigenvalue weighted by atomic mass is 19.1. The average Bonchev–Trinajstić information content (AvgIpc) is 2.73. The Morgan fingerprint density at radius 1 is 1.21 bits per heavy atom. The molecule has 19 heavy (non-hydrogen) atoms. The number of aryl methyl sites for hydroxylation is 1. The molecule has 0 saturated carbocycles. The molecule has 0 atom stereocenters. The zero-order valence-electron chi connectivity index (χ0n) is 10.3. The minimum absolute atomic E-state index is 0.340. The van der Waals surface area contributed by atoms with Crippen molar-refractivity contribution in [2.45, 2.75) is 6.92 Å². The van der Waals surface area contributed by atoms with Crippen LogP contribution in [0.3, 0.4) is 0 Å². The van der Waals surface area contributed by atoms with Crippen LogP contribution in [0, 0.1) is 12.7 Å². The summed E-state index contributed by atoms with van der Waals surface area (Å²) < 4.78 is 18.6. The number of aromatic nitrogens is 1. The van der Waals surface area contributed by atoms with Gasteiger partial charge in [-0.1, -0.05) is 0 Å². The molecule has 3 N–H and O–H groups in total. The second-order valence-electron chi connectivity index (χ2n) is 4.27. The molecule has 0 amide bonds. The maximum absolute atomic E-state index is 13.2. The summed E-state index contributed by atoms with van der Waals surface area (Å²) in [5, 5.41) is 3.06. The number of nitrogens with one attached hydrogen (secondary N) is 1. The lowest BCUT2D eigenvalue weighted by Gasteiger charge is -2.09. The number of benzene rings is 2. The Bertz CT molecular complexity index is 752. The number of oxazole rings is 1. The van der Waals surface area contributed by atoms with Crippen molar-refractivity contribution in [1.82, 2.24) is 4.98 Å². The zero-order chi connectivity index (χ0) is 13.4. The fourth-order valence-electron chi connectivity index (χ4n) is 1.91. The highest BCUT2D eigenvalue weighted by Crippen LogP contribution is 2.26. The fraction of sp³-hybridized carbons (Fsp3) is 0.0714. The molecule has 0 aliphatic carbocycles. The fourth-order valence-corrected chi connectivity index (χ4v) is 1.91. The average molecular weight is 257 g/mol. The molecule has 0 spiro atoms. The number of nitrogens with two attached hydrogens (primary N) is 1. The van der Waals surface area contributed by atoms with Crippen LogP contribution in [0.15, 0.2) is 40.8 Å². The summed E-state index contributed by atoms with van der Waals surface area (Å²) in [5.74, 6) is 0.269. The van der Waals surface area contributed by atoms with Crippen LogP contribution in [0.4, 0.5) is 21.5 Å². The minimum Gasteiger partial charge on any atom is -0.441 e. The van der Waals surface area contributed by atoms with E-state index >= 15 is 0 Å².